The minimum Gasteiger partial charge on any atom is -0.504 e. The Bertz CT molecular complexity index is 1780. The molecule has 0 amide bonds. The summed E-state index contributed by atoms with van der Waals surface area (Å²) in [6.45, 7) is 16.9. The normalized spacial score (nSPS) is 11.6. The zero-order chi connectivity index (χ0) is 55.9. The number of benzene rings is 3. The summed E-state index contributed by atoms with van der Waals surface area (Å²) in [7, 11) is 0. The van der Waals surface area contributed by atoms with Crippen LogP contribution in [0.4, 0.5) is 11.4 Å². The highest BCUT2D eigenvalue weighted by Gasteiger charge is 2.19. The number of hydrogen-bond donors (Lipinski definition) is 2. The summed E-state index contributed by atoms with van der Waals surface area (Å²) in [6.07, 6.45) is 45.2. The van der Waals surface area contributed by atoms with Crippen molar-refractivity contribution in [3.05, 3.63) is 47.5 Å². The van der Waals surface area contributed by atoms with Crippen LogP contribution >= 0.6 is 0 Å². The molecule has 0 atom stereocenters. The Morgan fingerprint density at radius 1 is 0.295 bits per heavy atom. The Labute approximate surface area is 476 Å². The molecule has 0 aliphatic heterocycles. The molecule has 10 nitrogen and oxygen atoms in total. The third kappa shape index (κ3) is 30.1. The zero-order valence-corrected chi connectivity index (χ0v) is 50.6. The fourth-order valence-electron chi connectivity index (χ4n) is 9.47. The molecule has 3 aromatic rings. The Morgan fingerprint density at radius 2 is 0.500 bits per heavy atom. The topological polar surface area (TPSA) is 121 Å². The lowest BCUT2D eigenvalue weighted by Gasteiger charge is -2.18. The van der Waals surface area contributed by atoms with Crippen LogP contribution < -0.4 is 28.4 Å². The van der Waals surface area contributed by atoms with Gasteiger partial charge < -0.3 is 38.6 Å². The van der Waals surface area contributed by atoms with E-state index in [-0.39, 0.29) is 11.5 Å². The van der Waals surface area contributed by atoms with Crippen molar-refractivity contribution in [3.8, 4) is 46.0 Å². The molecular weight excluding hydrogens is 973 g/mol. The van der Waals surface area contributed by atoms with Crippen LogP contribution in [0.15, 0.2) is 46.4 Å². The quantitative estimate of drug-likeness (QED) is 0.0326. The van der Waals surface area contributed by atoms with E-state index in [1.165, 1.54) is 154 Å². The van der Waals surface area contributed by atoms with Crippen molar-refractivity contribution in [2.45, 2.75) is 273 Å². The van der Waals surface area contributed by atoms with Crippen LogP contribution in [0, 0.1) is 0 Å². The highest BCUT2D eigenvalue weighted by molar-refractivity contribution is 5.93. The highest BCUT2D eigenvalue weighted by Crippen LogP contribution is 2.44. The van der Waals surface area contributed by atoms with Crippen molar-refractivity contribution in [3.63, 3.8) is 0 Å². The number of phenolic OH excluding ortho intramolecular Hbond substituents is 2. The van der Waals surface area contributed by atoms with Gasteiger partial charge in [0.2, 0.25) is 11.5 Å². The molecule has 78 heavy (non-hydrogen) atoms. The highest BCUT2D eigenvalue weighted by atomic mass is 16.5. The Balaban J connectivity index is 1.95. The van der Waals surface area contributed by atoms with Crippen molar-refractivity contribution in [1.29, 1.82) is 0 Å². The second kappa shape index (κ2) is 46.2. The van der Waals surface area contributed by atoms with Crippen LogP contribution in [-0.4, -0.2) is 62.3 Å². The van der Waals surface area contributed by atoms with Crippen molar-refractivity contribution < 1.29 is 38.6 Å². The van der Waals surface area contributed by atoms with E-state index < -0.39 is 0 Å². The van der Waals surface area contributed by atoms with Gasteiger partial charge >= 0.3 is 0 Å². The predicted octanol–water partition coefficient (Wildman–Crippen LogP) is 21.0. The van der Waals surface area contributed by atoms with Gasteiger partial charge in [0.1, 0.15) is 0 Å². The van der Waals surface area contributed by atoms with E-state index in [1.54, 1.807) is 24.6 Å². The number of nitrogens with zero attached hydrogens (tertiary/aromatic N) is 2. The largest absolute Gasteiger partial charge is 0.504 e. The van der Waals surface area contributed by atoms with Crippen molar-refractivity contribution >= 4 is 23.8 Å². The second-order valence-electron chi connectivity index (χ2n) is 21.7. The molecular formula is C68H112N2O8. The summed E-state index contributed by atoms with van der Waals surface area (Å²) < 4.78 is 39.1. The molecule has 10 heteroatoms. The Kier molecular flexibility index (Phi) is 40.1. The maximum absolute atomic E-state index is 11.5. The van der Waals surface area contributed by atoms with E-state index in [4.69, 9.17) is 38.4 Å². The van der Waals surface area contributed by atoms with Gasteiger partial charge in [-0.2, -0.15) is 0 Å². The molecule has 0 radical (unpaired) electrons. The second-order valence-corrected chi connectivity index (χ2v) is 21.7. The van der Waals surface area contributed by atoms with Gasteiger partial charge in [0, 0.05) is 47.8 Å². The van der Waals surface area contributed by atoms with Crippen LogP contribution in [0.25, 0.3) is 0 Å². The molecule has 442 valence electrons. The van der Waals surface area contributed by atoms with Crippen LogP contribution in [-0.2, 0) is 0 Å². The van der Waals surface area contributed by atoms with Crippen LogP contribution in [0.2, 0.25) is 0 Å². The van der Waals surface area contributed by atoms with Crippen molar-refractivity contribution in [2.24, 2.45) is 9.98 Å². The first-order chi connectivity index (χ1) is 38.4. The number of ether oxygens (including phenoxy) is 6. The molecule has 0 aliphatic rings. The van der Waals surface area contributed by atoms with Gasteiger partial charge in [0.15, 0.2) is 34.5 Å². The molecule has 0 unspecified atom stereocenters. The summed E-state index contributed by atoms with van der Waals surface area (Å²) in [5.74, 6) is 3.15. The van der Waals surface area contributed by atoms with E-state index in [1.807, 2.05) is 24.3 Å². The SMILES string of the molecule is CCCCCCCCOc1cc(N=Cc2ccc(C=Nc3cc(OCCCCCCCC)c(OCCCCCCCC)c(OCCCCCCCC)c3)c(O)c2O)cc(OCCCCCCCC)c1OCCCCCCCC. The smallest absolute Gasteiger partial charge is 0.203 e. The maximum atomic E-state index is 11.5. The molecule has 0 bridgehead atoms. The van der Waals surface area contributed by atoms with Gasteiger partial charge in [-0.1, -0.05) is 234 Å². The first-order valence-corrected chi connectivity index (χ1v) is 32.2. The first-order valence-electron chi connectivity index (χ1n) is 32.2. The zero-order valence-electron chi connectivity index (χ0n) is 50.6. The molecule has 2 N–H and O–H groups in total. The molecule has 0 fully saturated rings. The van der Waals surface area contributed by atoms with Gasteiger partial charge in [0.05, 0.1) is 51.0 Å². The van der Waals surface area contributed by atoms with Crippen molar-refractivity contribution in [2.75, 3.05) is 39.6 Å². The minimum atomic E-state index is -0.287. The fraction of sp³-hybridized carbons (Fsp3) is 0.706. The minimum absolute atomic E-state index is 0.287. The number of aliphatic imine (C=N–C) groups is 2. The van der Waals surface area contributed by atoms with Gasteiger partial charge in [0.25, 0.3) is 0 Å². The molecule has 3 aromatic carbocycles. The third-order valence-corrected chi connectivity index (χ3v) is 14.4. The molecule has 0 saturated carbocycles. The summed E-state index contributed by atoms with van der Waals surface area (Å²) in [5.41, 5.74) is 1.93. The Morgan fingerprint density at radius 3 is 0.731 bits per heavy atom. The van der Waals surface area contributed by atoms with E-state index in [0.717, 1.165) is 77.0 Å². The summed E-state index contributed by atoms with van der Waals surface area (Å²) in [5, 5.41) is 22.9. The van der Waals surface area contributed by atoms with Gasteiger partial charge in [-0.3, -0.25) is 9.98 Å². The van der Waals surface area contributed by atoms with Gasteiger partial charge in [-0.25, -0.2) is 0 Å². The number of phenols is 2. The van der Waals surface area contributed by atoms with E-state index in [2.05, 4.69) is 41.5 Å². The number of rotatable bonds is 52. The third-order valence-electron chi connectivity index (χ3n) is 14.4. The van der Waals surface area contributed by atoms with Crippen LogP contribution in [0.5, 0.6) is 46.0 Å². The molecule has 3 rings (SSSR count). The molecule has 0 saturated heterocycles. The molecule has 0 aliphatic carbocycles. The monoisotopic (exact) mass is 1080 g/mol. The predicted molar refractivity (Wildman–Crippen MR) is 330 cm³/mol. The lowest BCUT2D eigenvalue weighted by atomic mass is 10.1. The summed E-state index contributed by atoms with van der Waals surface area (Å²) in [4.78, 5) is 9.68. The van der Waals surface area contributed by atoms with Crippen LogP contribution in [0.1, 0.15) is 284 Å². The average molecular weight is 1090 g/mol. The fourth-order valence-corrected chi connectivity index (χ4v) is 9.47. The lowest BCUT2D eigenvalue weighted by Crippen LogP contribution is -2.06. The number of hydrogen-bond acceptors (Lipinski definition) is 10. The standard InChI is InChI=1S/C68H112N2O8/c1-7-13-19-25-31-37-45-73-61-51-59(52-62(74-46-38-32-26-20-14-8-2)67(61)77-49-41-35-29-23-17-11-5)69-55-57-43-44-58(66(72)65(57)71)56-70-60-53-63(75-47-39-33-27-21-15-9-3)68(78-50-42-36-30-24-18-12-6)64(54-60)76-48-40-34-28-22-16-10-4/h43-44,51-56,71-72H,7-42,45-50H2,1-6H3. The molecule has 0 aromatic heterocycles. The first kappa shape index (κ1) is 67.7. The van der Waals surface area contributed by atoms with E-state index >= 15 is 0 Å². The van der Waals surface area contributed by atoms with Gasteiger partial charge in [-0.05, 0) is 50.7 Å². The Hall–Kier alpha value is -4.60. The maximum Gasteiger partial charge on any atom is 0.203 e. The number of aromatic hydroxyl groups is 2. The average Bonchev–Trinajstić information content (AvgIpc) is 3.50. The summed E-state index contributed by atoms with van der Waals surface area (Å²) >= 11 is 0. The van der Waals surface area contributed by atoms with E-state index in [0.29, 0.717) is 96.6 Å². The number of unbranched alkanes of at least 4 members (excludes halogenated alkanes) is 30. The summed E-state index contributed by atoms with van der Waals surface area (Å²) in [6, 6.07) is 11.1. The molecule has 0 spiro atoms. The molecule has 0 heterocycles. The van der Waals surface area contributed by atoms with Crippen molar-refractivity contribution in [1.82, 2.24) is 0 Å². The lowest BCUT2D eigenvalue weighted by molar-refractivity contribution is 0.234. The van der Waals surface area contributed by atoms with E-state index in [9.17, 15) is 10.2 Å². The van der Waals surface area contributed by atoms with Gasteiger partial charge in [-0.15, -0.1) is 0 Å². The van der Waals surface area contributed by atoms with Crippen LogP contribution in [0.3, 0.4) is 0 Å².